The standard InChI is InChI=1S/C12H18O2/c1-10(2)13-8-9-14-12-6-4-11(3)5-7-12/h4-7,10H,8-9H2,1-3H3. The highest BCUT2D eigenvalue weighted by molar-refractivity contribution is 5.26. The number of ether oxygens (including phenoxy) is 2. The van der Waals surface area contributed by atoms with Crippen LogP contribution < -0.4 is 4.74 Å². The maximum Gasteiger partial charge on any atom is 0.119 e. The molecule has 2 heteroatoms. The minimum absolute atomic E-state index is 0.275. The van der Waals surface area contributed by atoms with Crippen molar-refractivity contribution >= 4 is 0 Å². The molecular weight excluding hydrogens is 176 g/mol. The molecule has 0 N–H and O–H groups in total. The third kappa shape index (κ3) is 4.28. The summed E-state index contributed by atoms with van der Waals surface area (Å²) in [6.07, 6.45) is 0.275. The predicted octanol–water partition coefficient (Wildman–Crippen LogP) is 2.80. The van der Waals surface area contributed by atoms with Crippen LogP contribution in [0.2, 0.25) is 0 Å². The molecule has 0 radical (unpaired) electrons. The molecule has 78 valence electrons. The van der Waals surface area contributed by atoms with Crippen molar-refractivity contribution in [2.24, 2.45) is 0 Å². The Balaban J connectivity index is 2.21. The molecule has 0 saturated heterocycles. The van der Waals surface area contributed by atoms with Gasteiger partial charge in [0.1, 0.15) is 12.4 Å². The average molecular weight is 194 g/mol. The molecule has 0 aliphatic rings. The molecule has 1 aromatic carbocycles. The van der Waals surface area contributed by atoms with Gasteiger partial charge < -0.3 is 9.47 Å². The SMILES string of the molecule is Cc1ccc(OCCOC(C)C)cc1. The maximum atomic E-state index is 5.49. The minimum Gasteiger partial charge on any atom is -0.491 e. The summed E-state index contributed by atoms with van der Waals surface area (Å²) in [5.41, 5.74) is 1.25. The van der Waals surface area contributed by atoms with E-state index in [-0.39, 0.29) is 6.10 Å². The topological polar surface area (TPSA) is 18.5 Å². The molecule has 0 unspecified atom stereocenters. The van der Waals surface area contributed by atoms with E-state index < -0.39 is 0 Å². The molecule has 0 heterocycles. The average Bonchev–Trinajstić information content (AvgIpc) is 2.15. The zero-order chi connectivity index (χ0) is 10.4. The van der Waals surface area contributed by atoms with Gasteiger partial charge in [0.05, 0.1) is 12.7 Å². The first kappa shape index (κ1) is 11.1. The van der Waals surface area contributed by atoms with Crippen molar-refractivity contribution in [2.75, 3.05) is 13.2 Å². The summed E-state index contributed by atoms with van der Waals surface area (Å²) >= 11 is 0. The number of hydrogen-bond acceptors (Lipinski definition) is 2. The van der Waals surface area contributed by atoms with E-state index in [1.54, 1.807) is 0 Å². The maximum absolute atomic E-state index is 5.49. The second-order valence-electron chi connectivity index (χ2n) is 3.58. The molecule has 0 aromatic heterocycles. The molecular formula is C12H18O2. The van der Waals surface area contributed by atoms with Crippen molar-refractivity contribution in [1.82, 2.24) is 0 Å². The Bertz CT molecular complexity index is 252. The molecule has 0 atom stereocenters. The Morgan fingerprint density at radius 3 is 2.29 bits per heavy atom. The van der Waals surface area contributed by atoms with E-state index in [0.29, 0.717) is 13.2 Å². The van der Waals surface area contributed by atoms with Gasteiger partial charge in [0.2, 0.25) is 0 Å². The Morgan fingerprint density at radius 2 is 1.71 bits per heavy atom. The van der Waals surface area contributed by atoms with Gasteiger partial charge in [0.15, 0.2) is 0 Å². The van der Waals surface area contributed by atoms with Gasteiger partial charge in [0.25, 0.3) is 0 Å². The zero-order valence-corrected chi connectivity index (χ0v) is 9.12. The third-order valence-electron chi connectivity index (χ3n) is 1.82. The first-order chi connectivity index (χ1) is 6.68. The second kappa shape index (κ2) is 5.66. The monoisotopic (exact) mass is 194 g/mol. The smallest absolute Gasteiger partial charge is 0.119 e. The lowest BCUT2D eigenvalue weighted by molar-refractivity contribution is 0.0552. The van der Waals surface area contributed by atoms with Crippen molar-refractivity contribution in [2.45, 2.75) is 26.9 Å². The Labute approximate surface area is 85.8 Å². The molecule has 0 saturated carbocycles. The molecule has 0 fully saturated rings. The van der Waals surface area contributed by atoms with Gasteiger partial charge in [-0.2, -0.15) is 0 Å². The molecule has 0 amide bonds. The van der Waals surface area contributed by atoms with Crippen LogP contribution in [0.5, 0.6) is 5.75 Å². The lowest BCUT2D eigenvalue weighted by Gasteiger charge is -2.09. The molecule has 14 heavy (non-hydrogen) atoms. The van der Waals surface area contributed by atoms with Crippen LogP contribution in [-0.4, -0.2) is 19.3 Å². The number of aryl methyl sites for hydroxylation is 1. The minimum atomic E-state index is 0.275. The first-order valence-corrected chi connectivity index (χ1v) is 4.99. The van der Waals surface area contributed by atoms with Crippen LogP contribution >= 0.6 is 0 Å². The molecule has 0 spiro atoms. The summed E-state index contributed by atoms with van der Waals surface area (Å²) in [5, 5.41) is 0. The molecule has 0 bridgehead atoms. The van der Waals surface area contributed by atoms with E-state index in [2.05, 4.69) is 6.92 Å². The van der Waals surface area contributed by atoms with Crippen molar-refractivity contribution in [3.63, 3.8) is 0 Å². The highest BCUT2D eigenvalue weighted by Crippen LogP contribution is 2.10. The number of hydrogen-bond donors (Lipinski definition) is 0. The van der Waals surface area contributed by atoms with Crippen LogP contribution in [0.1, 0.15) is 19.4 Å². The summed E-state index contributed by atoms with van der Waals surface area (Å²) in [5.74, 6) is 0.906. The highest BCUT2D eigenvalue weighted by Gasteiger charge is 1.95. The predicted molar refractivity (Wildman–Crippen MR) is 57.8 cm³/mol. The molecule has 1 aromatic rings. The Kier molecular flexibility index (Phi) is 4.47. The van der Waals surface area contributed by atoms with Gasteiger partial charge >= 0.3 is 0 Å². The Hall–Kier alpha value is -1.02. The van der Waals surface area contributed by atoms with E-state index in [9.17, 15) is 0 Å². The van der Waals surface area contributed by atoms with Crippen LogP contribution in [0, 0.1) is 6.92 Å². The highest BCUT2D eigenvalue weighted by atomic mass is 16.5. The van der Waals surface area contributed by atoms with Crippen LogP contribution in [0.3, 0.4) is 0 Å². The quantitative estimate of drug-likeness (QED) is 0.671. The summed E-state index contributed by atoms with van der Waals surface area (Å²) in [4.78, 5) is 0. The van der Waals surface area contributed by atoms with E-state index in [0.717, 1.165) is 5.75 Å². The second-order valence-corrected chi connectivity index (χ2v) is 3.58. The van der Waals surface area contributed by atoms with E-state index in [1.807, 2.05) is 38.1 Å². The molecule has 2 nitrogen and oxygen atoms in total. The van der Waals surface area contributed by atoms with E-state index >= 15 is 0 Å². The fourth-order valence-corrected chi connectivity index (χ4v) is 1.08. The fourth-order valence-electron chi connectivity index (χ4n) is 1.08. The van der Waals surface area contributed by atoms with Crippen molar-refractivity contribution in [3.05, 3.63) is 29.8 Å². The number of rotatable bonds is 5. The number of benzene rings is 1. The largest absolute Gasteiger partial charge is 0.491 e. The fraction of sp³-hybridized carbons (Fsp3) is 0.500. The van der Waals surface area contributed by atoms with Gasteiger partial charge in [-0.25, -0.2) is 0 Å². The van der Waals surface area contributed by atoms with Gasteiger partial charge in [0, 0.05) is 0 Å². The van der Waals surface area contributed by atoms with Gasteiger partial charge in [-0.05, 0) is 32.9 Å². The summed E-state index contributed by atoms with van der Waals surface area (Å²) in [7, 11) is 0. The van der Waals surface area contributed by atoms with Crippen LogP contribution in [-0.2, 0) is 4.74 Å². The summed E-state index contributed by atoms with van der Waals surface area (Å²) in [6, 6.07) is 8.03. The van der Waals surface area contributed by atoms with Gasteiger partial charge in [-0.1, -0.05) is 17.7 Å². The van der Waals surface area contributed by atoms with E-state index in [1.165, 1.54) is 5.56 Å². The van der Waals surface area contributed by atoms with Crippen molar-refractivity contribution in [1.29, 1.82) is 0 Å². The summed E-state index contributed by atoms with van der Waals surface area (Å²) < 4.78 is 10.8. The van der Waals surface area contributed by atoms with E-state index in [4.69, 9.17) is 9.47 Å². The molecule has 0 aliphatic carbocycles. The van der Waals surface area contributed by atoms with Crippen LogP contribution in [0.15, 0.2) is 24.3 Å². The van der Waals surface area contributed by atoms with Gasteiger partial charge in [-0.15, -0.1) is 0 Å². The molecule has 1 rings (SSSR count). The van der Waals surface area contributed by atoms with Crippen LogP contribution in [0.25, 0.3) is 0 Å². The Morgan fingerprint density at radius 1 is 1.07 bits per heavy atom. The first-order valence-electron chi connectivity index (χ1n) is 4.99. The lowest BCUT2D eigenvalue weighted by Crippen LogP contribution is -2.11. The normalized spacial score (nSPS) is 10.6. The van der Waals surface area contributed by atoms with Crippen LogP contribution in [0.4, 0.5) is 0 Å². The molecule has 0 aliphatic heterocycles. The lowest BCUT2D eigenvalue weighted by atomic mass is 10.2. The van der Waals surface area contributed by atoms with Gasteiger partial charge in [-0.3, -0.25) is 0 Å². The van der Waals surface area contributed by atoms with Crippen molar-refractivity contribution in [3.8, 4) is 5.75 Å². The third-order valence-corrected chi connectivity index (χ3v) is 1.82. The zero-order valence-electron chi connectivity index (χ0n) is 9.12. The summed E-state index contributed by atoms with van der Waals surface area (Å²) in [6.45, 7) is 7.36. The van der Waals surface area contributed by atoms with Crippen molar-refractivity contribution < 1.29 is 9.47 Å².